The van der Waals surface area contributed by atoms with E-state index < -0.39 is 0 Å². The molecule has 1 aromatic carbocycles. The number of benzene rings is 1. The maximum atomic E-state index is 11.1. The molecule has 0 amide bonds. The molecule has 2 aromatic heterocycles. The van der Waals surface area contributed by atoms with Gasteiger partial charge in [0.25, 0.3) is 0 Å². The van der Waals surface area contributed by atoms with Crippen molar-refractivity contribution in [3.63, 3.8) is 0 Å². The van der Waals surface area contributed by atoms with Crippen LogP contribution in [0, 0.1) is 6.92 Å². The normalized spacial score (nSPS) is 19.3. The van der Waals surface area contributed by atoms with Gasteiger partial charge in [-0.3, -0.25) is 5.43 Å². The second kappa shape index (κ2) is 4.84. The van der Waals surface area contributed by atoms with Crippen molar-refractivity contribution in [3.05, 3.63) is 23.9 Å². The monoisotopic (exact) mass is 298 g/mol. The van der Waals surface area contributed by atoms with E-state index in [1.807, 2.05) is 18.1 Å². The van der Waals surface area contributed by atoms with Crippen LogP contribution in [-0.4, -0.2) is 33.6 Å². The van der Waals surface area contributed by atoms with Crippen molar-refractivity contribution in [3.8, 4) is 0 Å². The number of anilines is 1. The predicted octanol–water partition coefficient (Wildman–Crippen LogP) is 2.62. The third-order valence-electron chi connectivity index (χ3n) is 4.49. The van der Waals surface area contributed by atoms with Crippen molar-refractivity contribution in [1.82, 2.24) is 14.7 Å². The van der Waals surface area contributed by atoms with Crippen LogP contribution in [0.15, 0.2) is 22.9 Å². The first-order valence-electron chi connectivity index (χ1n) is 7.51. The van der Waals surface area contributed by atoms with Crippen molar-refractivity contribution in [2.24, 2.45) is 7.05 Å². The van der Waals surface area contributed by atoms with Crippen LogP contribution in [0.5, 0.6) is 0 Å². The number of hydrogen-bond acceptors (Lipinski definition) is 5. The topological polar surface area (TPSA) is 63.3 Å². The summed E-state index contributed by atoms with van der Waals surface area (Å²) >= 11 is 0. The van der Waals surface area contributed by atoms with Crippen LogP contribution in [0.3, 0.4) is 0 Å². The average molecular weight is 298 g/mol. The Balaban J connectivity index is 1.78. The van der Waals surface area contributed by atoms with Crippen molar-refractivity contribution in [2.75, 3.05) is 12.0 Å². The van der Waals surface area contributed by atoms with Crippen LogP contribution < -0.4 is 5.43 Å². The van der Waals surface area contributed by atoms with Gasteiger partial charge >= 0.3 is 0 Å². The largest absolute Gasteiger partial charge is 0.354 e. The quantitative estimate of drug-likeness (QED) is 0.753. The van der Waals surface area contributed by atoms with Gasteiger partial charge in [-0.1, -0.05) is 5.16 Å². The Labute approximate surface area is 127 Å². The Morgan fingerprint density at radius 2 is 2.27 bits per heavy atom. The van der Waals surface area contributed by atoms with E-state index in [2.05, 4.69) is 34.3 Å². The highest BCUT2D eigenvalue weighted by atomic mass is 16.5. The fourth-order valence-corrected chi connectivity index (χ4v) is 3.30. The number of aryl methyl sites for hydroxylation is 2. The maximum Gasteiger partial charge on any atom is 0.191 e. The average Bonchev–Trinajstić information content (AvgIpc) is 3.19. The number of aromatic nitrogens is 2. The van der Waals surface area contributed by atoms with Gasteiger partial charge < -0.3 is 13.9 Å². The molecule has 0 bridgehead atoms. The summed E-state index contributed by atoms with van der Waals surface area (Å²) < 4.78 is 7.55. The fourth-order valence-electron chi connectivity index (χ4n) is 3.30. The van der Waals surface area contributed by atoms with E-state index in [-0.39, 0.29) is 6.04 Å². The number of carbonyl (C=O) groups is 1. The van der Waals surface area contributed by atoms with E-state index in [9.17, 15) is 4.79 Å². The smallest absolute Gasteiger partial charge is 0.191 e. The van der Waals surface area contributed by atoms with Crippen LogP contribution in [0.1, 0.15) is 18.4 Å². The van der Waals surface area contributed by atoms with Crippen LogP contribution in [0.4, 0.5) is 5.82 Å². The first-order valence-corrected chi connectivity index (χ1v) is 7.51. The number of rotatable bonds is 3. The molecule has 1 fully saturated rings. The van der Waals surface area contributed by atoms with Gasteiger partial charge in [0.2, 0.25) is 0 Å². The van der Waals surface area contributed by atoms with Gasteiger partial charge in [-0.05, 0) is 31.4 Å². The molecule has 0 aliphatic carbocycles. The first kappa shape index (κ1) is 13.3. The second-order valence-electron chi connectivity index (χ2n) is 5.97. The molecule has 1 aliphatic heterocycles. The van der Waals surface area contributed by atoms with E-state index >= 15 is 0 Å². The van der Waals surface area contributed by atoms with Crippen LogP contribution in [-0.2, 0) is 11.8 Å². The van der Waals surface area contributed by atoms with Gasteiger partial charge in [-0.25, -0.2) is 5.01 Å². The SMILES string of the molecule is Cc1cn(C)c2cc3onc(NN4CCC[C@H]4C=O)c3cc12. The molecule has 1 atom stereocenters. The number of fused-ring (bicyclic) bond motifs is 2. The number of hydrazine groups is 1. The van der Waals surface area contributed by atoms with Crippen molar-refractivity contribution in [2.45, 2.75) is 25.8 Å². The summed E-state index contributed by atoms with van der Waals surface area (Å²) in [6.07, 6.45) is 4.98. The number of aldehydes is 1. The zero-order valence-corrected chi connectivity index (χ0v) is 12.7. The highest BCUT2D eigenvalue weighted by Gasteiger charge is 2.25. The zero-order valence-electron chi connectivity index (χ0n) is 12.7. The minimum atomic E-state index is -0.0889. The summed E-state index contributed by atoms with van der Waals surface area (Å²) in [4.78, 5) is 11.1. The van der Waals surface area contributed by atoms with Crippen LogP contribution in [0.25, 0.3) is 21.9 Å². The number of nitrogens with zero attached hydrogens (tertiary/aromatic N) is 3. The molecule has 22 heavy (non-hydrogen) atoms. The molecular formula is C16H18N4O2. The van der Waals surface area contributed by atoms with Gasteiger partial charge in [-0.2, -0.15) is 0 Å². The van der Waals surface area contributed by atoms with Gasteiger partial charge in [0.1, 0.15) is 6.29 Å². The molecular weight excluding hydrogens is 280 g/mol. The van der Waals surface area contributed by atoms with Gasteiger partial charge in [-0.15, -0.1) is 0 Å². The van der Waals surface area contributed by atoms with E-state index in [1.165, 1.54) is 10.9 Å². The molecule has 4 rings (SSSR count). The first-order chi connectivity index (χ1) is 10.7. The minimum Gasteiger partial charge on any atom is -0.354 e. The standard InChI is InChI=1S/C16H18N4O2/c1-10-8-19(2)14-7-15-13(6-12(10)14)16(18-22-15)17-20-5-3-4-11(20)9-21/h6-9,11H,3-5H2,1-2H3,(H,17,18)/t11-/m0/s1. The third-order valence-corrected chi connectivity index (χ3v) is 4.49. The predicted molar refractivity (Wildman–Crippen MR) is 84.6 cm³/mol. The van der Waals surface area contributed by atoms with Gasteiger partial charge in [0.15, 0.2) is 11.4 Å². The highest BCUT2D eigenvalue weighted by Crippen LogP contribution is 2.31. The molecule has 3 heterocycles. The van der Waals surface area contributed by atoms with Crippen molar-refractivity contribution in [1.29, 1.82) is 0 Å². The zero-order chi connectivity index (χ0) is 15.3. The summed E-state index contributed by atoms with van der Waals surface area (Å²) in [5, 5.41) is 8.21. The number of hydrogen-bond donors (Lipinski definition) is 1. The molecule has 1 N–H and O–H groups in total. The lowest BCUT2D eigenvalue weighted by Crippen LogP contribution is -2.35. The summed E-state index contributed by atoms with van der Waals surface area (Å²) in [7, 11) is 2.02. The third kappa shape index (κ3) is 1.91. The molecule has 3 aromatic rings. The Kier molecular flexibility index (Phi) is 2.94. The van der Waals surface area contributed by atoms with E-state index in [0.717, 1.165) is 42.2 Å². The van der Waals surface area contributed by atoms with Crippen LogP contribution in [0.2, 0.25) is 0 Å². The molecule has 0 radical (unpaired) electrons. The molecule has 1 saturated heterocycles. The Hall–Kier alpha value is -2.34. The lowest BCUT2D eigenvalue weighted by molar-refractivity contribution is -0.111. The molecule has 6 nitrogen and oxygen atoms in total. The summed E-state index contributed by atoms with van der Waals surface area (Å²) in [6.45, 7) is 2.93. The molecule has 1 aliphatic rings. The molecule has 0 saturated carbocycles. The van der Waals surface area contributed by atoms with E-state index in [1.54, 1.807) is 0 Å². The highest BCUT2D eigenvalue weighted by molar-refractivity contribution is 6.00. The van der Waals surface area contributed by atoms with Crippen molar-refractivity contribution < 1.29 is 9.32 Å². The maximum absolute atomic E-state index is 11.1. The lowest BCUT2D eigenvalue weighted by Gasteiger charge is -2.20. The summed E-state index contributed by atoms with van der Waals surface area (Å²) in [5.74, 6) is 0.675. The molecule has 0 unspecified atom stereocenters. The molecule has 0 spiro atoms. The Morgan fingerprint density at radius 3 is 3.09 bits per heavy atom. The molecule has 114 valence electrons. The second-order valence-corrected chi connectivity index (χ2v) is 5.97. The summed E-state index contributed by atoms with van der Waals surface area (Å²) in [6, 6.07) is 4.02. The molecule has 6 heteroatoms. The Morgan fingerprint density at radius 1 is 1.41 bits per heavy atom. The minimum absolute atomic E-state index is 0.0889. The van der Waals surface area contributed by atoms with E-state index in [4.69, 9.17) is 4.52 Å². The number of nitrogens with one attached hydrogen (secondary N) is 1. The Bertz CT molecular complexity index is 864. The van der Waals surface area contributed by atoms with Gasteiger partial charge in [0, 0.05) is 31.2 Å². The lowest BCUT2D eigenvalue weighted by atomic mass is 10.1. The van der Waals surface area contributed by atoms with Crippen molar-refractivity contribution >= 4 is 34.0 Å². The number of carbonyl (C=O) groups excluding carboxylic acids is 1. The summed E-state index contributed by atoms with van der Waals surface area (Å²) in [5.41, 5.74) is 6.34. The van der Waals surface area contributed by atoms with Crippen LogP contribution >= 0.6 is 0 Å². The van der Waals surface area contributed by atoms with Gasteiger partial charge in [0.05, 0.1) is 16.9 Å². The van der Waals surface area contributed by atoms with E-state index in [0.29, 0.717) is 5.82 Å². The fraction of sp³-hybridized carbons (Fsp3) is 0.375.